The number of rotatable bonds is 9. The molecule has 0 aliphatic heterocycles. The summed E-state index contributed by atoms with van der Waals surface area (Å²) in [6, 6.07) is 15.6. The van der Waals surface area contributed by atoms with E-state index in [1.165, 1.54) is 11.1 Å². The highest BCUT2D eigenvalue weighted by Gasteiger charge is 2.48. The van der Waals surface area contributed by atoms with Gasteiger partial charge < -0.3 is 4.74 Å². The molecule has 4 heteroatoms. The zero-order chi connectivity index (χ0) is 20.1. The number of non-ortho nitro benzene ring substituents is 1. The molecule has 0 heterocycles. The molecule has 0 N–H and O–H groups in total. The Kier molecular flexibility index (Phi) is 6.63. The Bertz CT molecular complexity index is 742. The quantitative estimate of drug-likeness (QED) is 0.378. The number of nitro groups is 1. The molecular weight excluding hydrogens is 338 g/mol. The Balaban J connectivity index is 2.67. The standard InChI is InChI=1S/C23H31NO3/c1-6-22(7-2,18-10-14-20(15-11-18)24(25)26)23(8-3,9-4)19-12-16-21(27-5)17-13-19/h10-17H,6-9H2,1-5H3. The van der Waals surface area contributed by atoms with Crippen molar-refractivity contribution >= 4 is 5.69 Å². The van der Waals surface area contributed by atoms with Gasteiger partial charge in [-0.1, -0.05) is 52.0 Å². The third-order valence-corrected chi connectivity index (χ3v) is 6.60. The average molecular weight is 370 g/mol. The maximum atomic E-state index is 11.1. The first-order chi connectivity index (χ1) is 12.9. The Hall–Kier alpha value is -2.36. The summed E-state index contributed by atoms with van der Waals surface area (Å²) in [6.07, 6.45) is 3.92. The highest BCUT2D eigenvalue weighted by Crippen LogP contribution is 2.53. The van der Waals surface area contributed by atoms with Crippen molar-refractivity contribution in [2.24, 2.45) is 0 Å². The van der Waals surface area contributed by atoms with E-state index in [4.69, 9.17) is 4.74 Å². The van der Waals surface area contributed by atoms with Crippen LogP contribution < -0.4 is 4.74 Å². The lowest BCUT2D eigenvalue weighted by Crippen LogP contribution is -2.48. The first-order valence-corrected chi connectivity index (χ1v) is 9.84. The lowest BCUT2D eigenvalue weighted by molar-refractivity contribution is -0.384. The Morgan fingerprint density at radius 2 is 1.15 bits per heavy atom. The number of hydrogen-bond acceptors (Lipinski definition) is 3. The number of ether oxygens (including phenoxy) is 1. The highest BCUT2D eigenvalue weighted by molar-refractivity contribution is 5.44. The van der Waals surface area contributed by atoms with Crippen LogP contribution in [0.1, 0.15) is 64.5 Å². The zero-order valence-corrected chi connectivity index (χ0v) is 17.1. The fourth-order valence-electron chi connectivity index (χ4n) is 5.03. The SMILES string of the molecule is CCC(CC)(c1ccc(OC)cc1)C(CC)(CC)c1ccc([N+](=O)[O-])cc1. The maximum absolute atomic E-state index is 11.1. The van der Waals surface area contributed by atoms with Crippen LogP contribution in [0.2, 0.25) is 0 Å². The normalized spacial score (nSPS) is 12.0. The molecule has 2 aromatic rings. The Morgan fingerprint density at radius 1 is 0.778 bits per heavy atom. The summed E-state index contributed by atoms with van der Waals surface area (Å²) >= 11 is 0. The van der Waals surface area contributed by atoms with Crippen LogP contribution in [-0.2, 0) is 10.8 Å². The van der Waals surface area contributed by atoms with Gasteiger partial charge in [-0.15, -0.1) is 0 Å². The lowest BCUT2D eigenvalue weighted by atomic mass is 9.52. The second-order valence-electron chi connectivity index (χ2n) is 7.11. The molecule has 4 nitrogen and oxygen atoms in total. The summed E-state index contributed by atoms with van der Waals surface area (Å²) in [5.74, 6) is 0.855. The van der Waals surface area contributed by atoms with Crippen molar-refractivity contribution in [2.45, 2.75) is 64.2 Å². The van der Waals surface area contributed by atoms with Crippen molar-refractivity contribution in [3.8, 4) is 5.75 Å². The van der Waals surface area contributed by atoms with Crippen molar-refractivity contribution in [3.63, 3.8) is 0 Å². The molecular formula is C23H31NO3. The molecule has 2 rings (SSSR count). The second kappa shape index (κ2) is 8.55. The van der Waals surface area contributed by atoms with Crippen LogP contribution in [0.25, 0.3) is 0 Å². The summed E-state index contributed by atoms with van der Waals surface area (Å²) in [4.78, 5) is 10.8. The lowest BCUT2D eigenvalue weighted by Gasteiger charge is -2.51. The molecule has 0 atom stereocenters. The van der Waals surface area contributed by atoms with E-state index < -0.39 is 0 Å². The summed E-state index contributed by atoms with van der Waals surface area (Å²) in [5.41, 5.74) is 2.47. The molecule has 146 valence electrons. The molecule has 0 bridgehead atoms. The van der Waals surface area contributed by atoms with Crippen LogP contribution in [0.3, 0.4) is 0 Å². The third-order valence-electron chi connectivity index (χ3n) is 6.60. The number of methoxy groups -OCH3 is 1. The van der Waals surface area contributed by atoms with Gasteiger partial charge in [0.25, 0.3) is 5.69 Å². The van der Waals surface area contributed by atoms with Crippen molar-refractivity contribution in [2.75, 3.05) is 7.11 Å². The molecule has 0 aliphatic rings. The minimum Gasteiger partial charge on any atom is -0.497 e. The predicted molar refractivity (Wildman–Crippen MR) is 111 cm³/mol. The molecule has 27 heavy (non-hydrogen) atoms. The monoisotopic (exact) mass is 369 g/mol. The summed E-state index contributed by atoms with van der Waals surface area (Å²) in [7, 11) is 1.68. The van der Waals surface area contributed by atoms with E-state index in [0.29, 0.717) is 0 Å². The minimum atomic E-state index is -0.334. The molecule has 0 amide bonds. The average Bonchev–Trinajstić information content (AvgIpc) is 2.72. The number of benzene rings is 2. The predicted octanol–water partition coefficient (Wildman–Crippen LogP) is 6.42. The van der Waals surface area contributed by atoms with Crippen LogP contribution in [0, 0.1) is 10.1 Å². The van der Waals surface area contributed by atoms with Crippen LogP contribution in [-0.4, -0.2) is 12.0 Å². The van der Waals surface area contributed by atoms with E-state index in [9.17, 15) is 10.1 Å². The molecule has 0 saturated carbocycles. The molecule has 0 saturated heterocycles. The van der Waals surface area contributed by atoms with Gasteiger partial charge in [0.05, 0.1) is 12.0 Å². The van der Waals surface area contributed by atoms with Crippen molar-refractivity contribution in [3.05, 3.63) is 69.8 Å². The molecule has 0 spiro atoms. The fourth-order valence-corrected chi connectivity index (χ4v) is 5.03. The van der Waals surface area contributed by atoms with Gasteiger partial charge in [-0.3, -0.25) is 10.1 Å². The summed E-state index contributed by atoms with van der Waals surface area (Å²) in [6.45, 7) is 8.96. The van der Waals surface area contributed by atoms with E-state index in [2.05, 4.69) is 39.8 Å². The highest BCUT2D eigenvalue weighted by atomic mass is 16.6. The minimum absolute atomic E-state index is 0.0566. The summed E-state index contributed by atoms with van der Waals surface area (Å²) < 4.78 is 5.34. The van der Waals surface area contributed by atoms with Gasteiger partial charge >= 0.3 is 0 Å². The van der Waals surface area contributed by atoms with Gasteiger partial charge in [0, 0.05) is 23.0 Å². The van der Waals surface area contributed by atoms with Gasteiger partial charge in [0.2, 0.25) is 0 Å². The van der Waals surface area contributed by atoms with Gasteiger partial charge in [-0.05, 0) is 48.9 Å². The van der Waals surface area contributed by atoms with Crippen LogP contribution in [0.15, 0.2) is 48.5 Å². The molecule has 0 aliphatic carbocycles. The Labute approximate surface area is 162 Å². The van der Waals surface area contributed by atoms with Crippen molar-refractivity contribution < 1.29 is 9.66 Å². The molecule has 0 unspecified atom stereocenters. The number of nitro benzene ring substituents is 1. The first-order valence-electron chi connectivity index (χ1n) is 9.84. The smallest absolute Gasteiger partial charge is 0.269 e. The first kappa shape index (κ1) is 20.9. The van der Waals surface area contributed by atoms with Crippen LogP contribution in [0.5, 0.6) is 5.75 Å². The zero-order valence-electron chi connectivity index (χ0n) is 17.1. The molecule has 0 radical (unpaired) electrons. The number of nitrogens with zero attached hydrogens (tertiary/aromatic N) is 1. The van der Waals surface area contributed by atoms with E-state index in [-0.39, 0.29) is 21.4 Å². The fraction of sp³-hybridized carbons (Fsp3) is 0.478. The molecule has 0 fully saturated rings. The maximum Gasteiger partial charge on any atom is 0.269 e. The van der Waals surface area contributed by atoms with Gasteiger partial charge in [-0.2, -0.15) is 0 Å². The van der Waals surface area contributed by atoms with Crippen LogP contribution in [0.4, 0.5) is 5.69 Å². The van der Waals surface area contributed by atoms with Gasteiger partial charge in [0.15, 0.2) is 0 Å². The van der Waals surface area contributed by atoms with E-state index in [1.807, 2.05) is 24.3 Å². The molecule has 0 aromatic heterocycles. The largest absolute Gasteiger partial charge is 0.497 e. The summed E-state index contributed by atoms with van der Waals surface area (Å²) in [5, 5.41) is 11.1. The topological polar surface area (TPSA) is 52.4 Å². The second-order valence-corrected chi connectivity index (χ2v) is 7.11. The van der Waals surface area contributed by atoms with Gasteiger partial charge in [-0.25, -0.2) is 0 Å². The van der Waals surface area contributed by atoms with E-state index >= 15 is 0 Å². The molecule has 2 aromatic carbocycles. The van der Waals surface area contributed by atoms with E-state index in [0.717, 1.165) is 31.4 Å². The van der Waals surface area contributed by atoms with E-state index in [1.54, 1.807) is 19.2 Å². The third kappa shape index (κ3) is 3.45. The Morgan fingerprint density at radius 3 is 1.44 bits per heavy atom. The van der Waals surface area contributed by atoms with Crippen molar-refractivity contribution in [1.29, 1.82) is 0 Å². The number of hydrogen-bond donors (Lipinski definition) is 0. The van der Waals surface area contributed by atoms with Gasteiger partial charge in [0.1, 0.15) is 5.75 Å². The van der Waals surface area contributed by atoms with Crippen LogP contribution >= 0.6 is 0 Å². The van der Waals surface area contributed by atoms with Crippen molar-refractivity contribution in [1.82, 2.24) is 0 Å².